The van der Waals surface area contributed by atoms with Gasteiger partial charge >= 0.3 is 0 Å². The average Bonchev–Trinajstić information content (AvgIpc) is 3.43. The third-order valence-corrected chi connectivity index (χ3v) is 6.03. The number of nitrogens with one attached hydrogen (secondary N) is 1. The summed E-state index contributed by atoms with van der Waals surface area (Å²) < 4.78 is 24.9. The Morgan fingerprint density at radius 1 is 1.13 bits per heavy atom. The topological polar surface area (TPSA) is 72.9 Å². The van der Waals surface area contributed by atoms with E-state index in [9.17, 15) is 4.39 Å². The van der Waals surface area contributed by atoms with E-state index in [4.69, 9.17) is 14.5 Å². The number of hydrogen-bond acceptors (Lipinski definition) is 7. The number of methoxy groups -OCH3 is 1. The lowest BCUT2D eigenvalue weighted by Gasteiger charge is -2.09. The first-order chi connectivity index (χ1) is 14.7. The van der Waals surface area contributed by atoms with Crippen molar-refractivity contribution < 1.29 is 13.9 Å². The summed E-state index contributed by atoms with van der Waals surface area (Å²) in [5.74, 6) is 2.09. The summed E-state index contributed by atoms with van der Waals surface area (Å²) in [5, 5.41) is 10.4. The Kier molecular flexibility index (Phi) is 6.29. The van der Waals surface area contributed by atoms with Gasteiger partial charge < -0.3 is 9.47 Å². The van der Waals surface area contributed by atoms with Crippen molar-refractivity contribution in [3.63, 3.8) is 0 Å². The van der Waals surface area contributed by atoms with Crippen LogP contribution in [0.15, 0.2) is 53.0 Å². The summed E-state index contributed by atoms with van der Waals surface area (Å²) in [6, 6.07) is 12.3. The maximum atomic E-state index is 13.9. The average molecular weight is 443 g/mol. The molecule has 0 aliphatic heterocycles. The fourth-order valence-electron chi connectivity index (χ4n) is 2.80. The number of benzene rings is 2. The summed E-state index contributed by atoms with van der Waals surface area (Å²) in [7, 11) is 1.62. The van der Waals surface area contributed by atoms with E-state index in [0.717, 1.165) is 16.3 Å². The molecule has 2 aromatic heterocycles. The zero-order chi connectivity index (χ0) is 20.9. The minimum Gasteiger partial charge on any atom is -0.493 e. The number of ether oxygens (including phenoxy) is 2. The number of rotatable bonds is 8. The third-order valence-electron chi connectivity index (χ3n) is 4.21. The maximum absolute atomic E-state index is 13.9. The predicted molar refractivity (Wildman–Crippen MR) is 117 cm³/mol. The second-order valence-corrected chi connectivity index (χ2v) is 7.98. The molecule has 0 amide bonds. The minimum atomic E-state index is -0.333. The first-order valence-corrected chi connectivity index (χ1v) is 11.1. The highest BCUT2D eigenvalue weighted by Crippen LogP contribution is 2.34. The Morgan fingerprint density at radius 2 is 2.00 bits per heavy atom. The monoisotopic (exact) mass is 442 g/mol. The Hall–Kier alpha value is -2.91. The van der Waals surface area contributed by atoms with Crippen LogP contribution in [0.5, 0.6) is 11.5 Å². The molecule has 154 valence electrons. The predicted octanol–water partition coefficient (Wildman–Crippen LogP) is 5.43. The molecule has 6 nitrogen and oxygen atoms in total. The van der Waals surface area contributed by atoms with E-state index in [0.29, 0.717) is 40.4 Å². The van der Waals surface area contributed by atoms with Gasteiger partial charge in [0.1, 0.15) is 10.8 Å². The molecule has 30 heavy (non-hydrogen) atoms. The Balaban J connectivity index is 1.44. The summed E-state index contributed by atoms with van der Waals surface area (Å²) in [4.78, 5) is 9.07. The minimum absolute atomic E-state index is 0.333. The molecule has 0 spiro atoms. The zero-order valence-electron chi connectivity index (χ0n) is 16.4. The van der Waals surface area contributed by atoms with E-state index in [2.05, 4.69) is 15.2 Å². The van der Waals surface area contributed by atoms with Gasteiger partial charge in [-0.2, -0.15) is 0 Å². The van der Waals surface area contributed by atoms with Crippen molar-refractivity contribution >= 4 is 23.1 Å². The van der Waals surface area contributed by atoms with Gasteiger partial charge in [-0.05, 0) is 37.3 Å². The number of hydrogen-bond donors (Lipinski definition) is 1. The molecule has 2 aromatic carbocycles. The standard InChI is InChI=1S/C21H19FN4O2S2/c1-3-28-17-9-8-13(10-18(17)27-2)20-23-14(11-29-20)12-30-21-24-19(25-26-21)15-6-4-5-7-16(15)22/h4-11H,3,12H2,1-2H3,(H,24,25,26). The molecule has 0 atom stereocenters. The number of aromatic amines is 1. The Labute approximate surface area is 181 Å². The number of thiazole rings is 1. The highest BCUT2D eigenvalue weighted by atomic mass is 32.2. The van der Waals surface area contributed by atoms with Crippen molar-refractivity contribution in [3.8, 4) is 33.5 Å². The van der Waals surface area contributed by atoms with Crippen LogP contribution in [-0.4, -0.2) is 33.9 Å². The van der Waals surface area contributed by atoms with Crippen molar-refractivity contribution in [1.82, 2.24) is 20.2 Å². The largest absolute Gasteiger partial charge is 0.493 e. The second kappa shape index (κ2) is 9.27. The Bertz CT molecular complexity index is 1150. The number of H-pyrrole nitrogens is 1. The highest BCUT2D eigenvalue weighted by Gasteiger charge is 2.13. The van der Waals surface area contributed by atoms with Crippen molar-refractivity contribution in [2.24, 2.45) is 0 Å². The molecule has 0 saturated carbocycles. The quantitative estimate of drug-likeness (QED) is 0.367. The van der Waals surface area contributed by atoms with Gasteiger partial charge in [0.25, 0.3) is 0 Å². The molecule has 2 heterocycles. The Morgan fingerprint density at radius 3 is 2.80 bits per heavy atom. The van der Waals surface area contributed by atoms with Crippen molar-refractivity contribution in [2.75, 3.05) is 13.7 Å². The molecule has 4 rings (SSSR count). The van der Waals surface area contributed by atoms with E-state index in [1.54, 1.807) is 36.6 Å². The molecule has 0 fully saturated rings. The van der Waals surface area contributed by atoms with E-state index in [-0.39, 0.29) is 5.82 Å². The smallest absolute Gasteiger partial charge is 0.209 e. The molecular formula is C21H19FN4O2S2. The SMILES string of the molecule is CCOc1ccc(-c2nc(CSc3n[nH]c(-c4ccccc4F)n3)cs2)cc1OC. The molecule has 0 bridgehead atoms. The van der Waals surface area contributed by atoms with Crippen molar-refractivity contribution in [2.45, 2.75) is 17.8 Å². The fraction of sp³-hybridized carbons (Fsp3) is 0.190. The second-order valence-electron chi connectivity index (χ2n) is 6.18. The fourth-order valence-corrected chi connectivity index (χ4v) is 4.42. The van der Waals surface area contributed by atoms with Gasteiger partial charge in [-0.25, -0.2) is 14.4 Å². The maximum Gasteiger partial charge on any atom is 0.209 e. The van der Waals surface area contributed by atoms with Gasteiger partial charge in [-0.15, -0.1) is 16.4 Å². The third kappa shape index (κ3) is 4.47. The lowest BCUT2D eigenvalue weighted by Crippen LogP contribution is -1.95. The molecule has 1 N–H and O–H groups in total. The van der Waals surface area contributed by atoms with E-state index >= 15 is 0 Å². The van der Waals surface area contributed by atoms with Gasteiger partial charge in [0.15, 0.2) is 17.3 Å². The summed E-state index contributed by atoms with van der Waals surface area (Å²) in [6.07, 6.45) is 0. The van der Waals surface area contributed by atoms with Crippen molar-refractivity contribution in [3.05, 3.63) is 59.4 Å². The molecule has 0 radical (unpaired) electrons. The molecule has 0 saturated heterocycles. The molecular weight excluding hydrogens is 423 g/mol. The van der Waals surface area contributed by atoms with Gasteiger partial charge in [0.2, 0.25) is 5.16 Å². The number of aromatic nitrogens is 4. The van der Waals surface area contributed by atoms with Crippen LogP contribution >= 0.6 is 23.1 Å². The normalized spacial score (nSPS) is 10.9. The lowest BCUT2D eigenvalue weighted by atomic mass is 10.2. The molecule has 0 aliphatic rings. The van der Waals surface area contributed by atoms with Crippen LogP contribution in [0.2, 0.25) is 0 Å². The number of halogens is 1. The molecule has 4 aromatic rings. The van der Waals surface area contributed by atoms with Crippen LogP contribution in [-0.2, 0) is 5.75 Å². The highest BCUT2D eigenvalue weighted by molar-refractivity contribution is 7.98. The molecule has 9 heteroatoms. The molecule has 0 aliphatic carbocycles. The van der Waals surface area contributed by atoms with E-state index in [1.165, 1.54) is 17.8 Å². The van der Waals surface area contributed by atoms with Crippen LogP contribution < -0.4 is 9.47 Å². The number of nitrogens with zero attached hydrogens (tertiary/aromatic N) is 3. The number of thioether (sulfide) groups is 1. The lowest BCUT2D eigenvalue weighted by molar-refractivity contribution is 0.311. The van der Waals surface area contributed by atoms with E-state index in [1.807, 2.05) is 30.5 Å². The van der Waals surface area contributed by atoms with Crippen molar-refractivity contribution in [1.29, 1.82) is 0 Å². The molecule has 0 unspecified atom stereocenters. The summed E-state index contributed by atoms with van der Waals surface area (Å²) in [6.45, 7) is 2.51. The van der Waals surface area contributed by atoms with Gasteiger partial charge in [0.05, 0.1) is 25.0 Å². The van der Waals surface area contributed by atoms with Crippen LogP contribution in [0.3, 0.4) is 0 Å². The van der Waals surface area contributed by atoms with Gasteiger partial charge in [-0.3, -0.25) is 5.10 Å². The van der Waals surface area contributed by atoms with Crippen LogP contribution in [0.25, 0.3) is 22.0 Å². The van der Waals surface area contributed by atoms with Gasteiger partial charge in [-0.1, -0.05) is 23.9 Å². The van der Waals surface area contributed by atoms with Crippen LogP contribution in [0.1, 0.15) is 12.6 Å². The first-order valence-electron chi connectivity index (χ1n) is 9.23. The first kappa shape index (κ1) is 20.4. The summed E-state index contributed by atoms with van der Waals surface area (Å²) >= 11 is 3.00. The summed E-state index contributed by atoms with van der Waals surface area (Å²) in [5.41, 5.74) is 2.29. The van der Waals surface area contributed by atoms with Gasteiger partial charge in [0, 0.05) is 16.7 Å². The zero-order valence-corrected chi connectivity index (χ0v) is 18.0. The van der Waals surface area contributed by atoms with Crippen LogP contribution in [0.4, 0.5) is 4.39 Å². The van der Waals surface area contributed by atoms with Crippen LogP contribution in [0, 0.1) is 5.82 Å². The van der Waals surface area contributed by atoms with E-state index < -0.39 is 0 Å².